The highest BCUT2D eigenvalue weighted by Gasteiger charge is 2.34. The highest BCUT2D eigenvalue weighted by molar-refractivity contribution is 5.86. The molecule has 4 heteroatoms. The minimum atomic E-state index is -0.653. The first-order chi connectivity index (χ1) is 9.99. The van der Waals surface area contributed by atoms with Crippen molar-refractivity contribution in [3.05, 3.63) is 35.4 Å². The van der Waals surface area contributed by atoms with Crippen LogP contribution in [0.2, 0.25) is 0 Å². The number of nitrogens with one attached hydrogen (secondary N) is 1. The maximum absolute atomic E-state index is 12.3. The van der Waals surface area contributed by atoms with E-state index in [2.05, 4.69) is 36.4 Å². The molecule has 3 N–H and O–H groups in total. The first-order valence-electron chi connectivity index (χ1n) is 7.79. The predicted molar refractivity (Wildman–Crippen MR) is 85.7 cm³/mol. The summed E-state index contributed by atoms with van der Waals surface area (Å²) in [6.45, 7) is 1.46. The zero-order valence-corrected chi connectivity index (χ0v) is 13.2. The molecular weight excluding hydrogens is 262 g/mol. The van der Waals surface area contributed by atoms with Gasteiger partial charge in [0.15, 0.2) is 0 Å². The van der Waals surface area contributed by atoms with Gasteiger partial charge in [0.1, 0.15) is 0 Å². The average Bonchev–Trinajstić information content (AvgIpc) is 2.45. The lowest BCUT2D eigenvalue weighted by Gasteiger charge is -2.31. The van der Waals surface area contributed by atoms with E-state index in [9.17, 15) is 4.79 Å². The Morgan fingerprint density at radius 2 is 1.90 bits per heavy atom. The minimum absolute atomic E-state index is 0.000197. The van der Waals surface area contributed by atoms with Crippen molar-refractivity contribution >= 4 is 5.91 Å². The third kappa shape index (κ3) is 4.55. The SMILES string of the molecule is CN(C)Cc1cccc(CNC(=O)C2(N)CCCCC2)c1. The zero-order chi connectivity index (χ0) is 15.3. The van der Waals surface area contributed by atoms with Crippen molar-refractivity contribution in [3.8, 4) is 0 Å². The maximum atomic E-state index is 12.3. The van der Waals surface area contributed by atoms with Crippen LogP contribution < -0.4 is 11.1 Å². The van der Waals surface area contributed by atoms with Crippen molar-refractivity contribution in [3.63, 3.8) is 0 Å². The van der Waals surface area contributed by atoms with E-state index >= 15 is 0 Å². The molecule has 0 aromatic heterocycles. The molecule has 0 bridgehead atoms. The largest absolute Gasteiger partial charge is 0.350 e. The van der Waals surface area contributed by atoms with Gasteiger partial charge in [-0.25, -0.2) is 0 Å². The van der Waals surface area contributed by atoms with Gasteiger partial charge in [0.25, 0.3) is 0 Å². The molecule has 0 saturated heterocycles. The molecule has 1 fully saturated rings. The van der Waals surface area contributed by atoms with Gasteiger partial charge in [-0.2, -0.15) is 0 Å². The number of rotatable bonds is 5. The summed E-state index contributed by atoms with van der Waals surface area (Å²) in [6, 6.07) is 8.34. The minimum Gasteiger partial charge on any atom is -0.350 e. The van der Waals surface area contributed by atoms with Crippen LogP contribution in [-0.4, -0.2) is 30.4 Å². The molecule has 4 nitrogen and oxygen atoms in total. The number of benzene rings is 1. The first-order valence-corrected chi connectivity index (χ1v) is 7.79. The van der Waals surface area contributed by atoms with Crippen LogP contribution in [0.15, 0.2) is 24.3 Å². The Balaban J connectivity index is 1.91. The van der Waals surface area contributed by atoms with E-state index in [1.807, 2.05) is 12.1 Å². The fraction of sp³-hybridized carbons (Fsp3) is 0.588. The van der Waals surface area contributed by atoms with E-state index in [1.54, 1.807) is 0 Å². The van der Waals surface area contributed by atoms with Gasteiger partial charge in [-0.3, -0.25) is 4.79 Å². The molecule has 1 aliphatic carbocycles. The molecule has 21 heavy (non-hydrogen) atoms. The molecule has 0 spiro atoms. The van der Waals surface area contributed by atoms with E-state index < -0.39 is 5.54 Å². The molecule has 1 aromatic carbocycles. The number of carbonyl (C=O) groups excluding carboxylic acids is 1. The molecule has 0 atom stereocenters. The second-order valence-corrected chi connectivity index (χ2v) is 6.46. The smallest absolute Gasteiger partial charge is 0.240 e. The van der Waals surface area contributed by atoms with E-state index in [0.29, 0.717) is 6.54 Å². The number of nitrogens with zero attached hydrogens (tertiary/aromatic N) is 1. The number of amides is 1. The summed E-state index contributed by atoms with van der Waals surface area (Å²) in [5.41, 5.74) is 7.97. The van der Waals surface area contributed by atoms with Crippen molar-refractivity contribution in [1.82, 2.24) is 10.2 Å². The molecule has 0 aliphatic heterocycles. The van der Waals surface area contributed by atoms with Crippen LogP contribution in [0.5, 0.6) is 0 Å². The summed E-state index contributed by atoms with van der Waals surface area (Å²) in [4.78, 5) is 14.4. The molecule has 2 rings (SSSR count). The molecule has 1 saturated carbocycles. The Labute approximate surface area is 127 Å². The van der Waals surface area contributed by atoms with Crippen molar-refractivity contribution in [1.29, 1.82) is 0 Å². The van der Waals surface area contributed by atoms with Gasteiger partial charge in [-0.1, -0.05) is 43.5 Å². The fourth-order valence-corrected chi connectivity index (χ4v) is 2.97. The molecule has 1 aliphatic rings. The van der Waals surface area contributed by atoms with Crippen molar-refractivity contribution in [2.24, 2.45) is 5.73 Å². The van der Waals surface area contributed by atoms with Gasteiger partial charge in [-0.15, -0.1) is 0 Å². The Morgan fingerprint density at radius 1 is 1.24 bits per heavy atom. The summed E-state index contributed by atoms with van der Waals surface area (Å²) in [7, 11) is 4.10. The number of nitrogens with two attached hydrogens (primary N) is 1. The van der Waals surface area contributed by atoms with E-state index in [-0.39, 0.29) is 5.91 Å². The third-order valence-corrected chi connectivity index (χ3v) is 4.14. The summed E-state index contributed by atoms with van der Waals surface area (Å²) >= 11 is 0. The second-order valence-electron chi connectivity index (χ2n) is 6.46. The molecule has 1 amide bonds. The Morgan fingerprint density at radius 3 is 2.57 bits per heavy atom. The summed E-state index contributed by atoms with van der Waals surface area (Å²) in [6.07, 6.45) is 4.92. The van der Waals surface area contributed by atoms with Crippen LogP contribution in [0.3, 0.4) is 0 Å². The first kappa shape index (κ1) is 16.0. The van der Waals surface area contributed by atoms with Gasteiger partial charge in [0, 0.05) is 13.1 Å². The van der Waals surface area contributed by atoms with Gasteiger partial charge in [0.2, 0.25) is 5.91 Å². The lowest BCUT2D eigenvalue weighted by molar-refractivity contribution is -0.127. The fourth-order valence-electron chi connectivity index (χ4n) is 2.97. The highest BCUT2D eigenvalue weighted by atomic mass is 16.2. The van der Waals surface area contributed by atoms with Crippen LogP contribution in [0.25, 0.3) is 0 Å². The van der Waals surface area contributed by atoms with Crippen LogP contribution >= 0.6 is 0 Å². The Kier molecular flexibility index (Phi) is 5.37. The highest BCUT2D eigenvalue weighted by Crippen LogP contribution is 2.26. The van der Waals surface area contributed by atoms with Crippen LogP contribution in [-0.2, 0) is 17.9 Å². The van der Waals surface area contributed by atoms with Gasteiger partial charge >= 0.3 is 0 Å². The van der Waals surface area contributed by atoms with Crippen LogP contribution in [0.4, 0.5) is 0 Å². The van der Waals surface area contributed by atoms with Crippen molar-refractivity contribution in [2.75, 3.05) is 14.1 Å². The van der Waals surface area contributed by atoms with Gasteiger partial charge in [-0.05, 0) is 38.1 Å². The van der Waals surface area contributed by atoms with Gasteiger partial charge in [0.05, 0.1) is 5.54 Å². The molecule has 1 aromatic rings. The standard InChI is InChI=1S/C17H27N3O/c1-20(2)13-15-8-6-7-14(11-15)12-19-16(21)17(18)9-4-3-5-10-17/h6-8,11H,3-5,9-10,12-13,18H2,1-2H3,(H,19,21). The number of hydrogen-bond donors (Lipinski definition) is 2. The molecular formula is C17H27N3O. The second kappa shape index (κ2) is 7.05. The maximum Gasteiger partial charge on any atom is 0.240 e. The Bertz CT molecular complexity index is 479. The summed E-state index contributed by atoms with van der Waals surface area (Å²) in [5.74, 6) is 0.000197. The quantitative estimate of drug-likeness (QED) is 0.872. The zero-order valence-electron chi connectivity index (χ0n) is 13.2. The topological polar surface area (TPSA) is 58.4 Å². The molecule has 0 radical (unpaired) electrons. The number of hydrogen-bond acceptors (Lipinski definition) is 3. The monoisotopic (exact) mass is 289 g/mol. The van der Waals surface area contributed by atoms with E-state index in [0.717, 1.165) is 37.8 Å². The Hall–Kier alpha value is -1.39. The molecule has 116 valence electrons. The normalized spacial score (nSPS) is 17.7. The van der Waals surface area contributed by atoms with Crippen LogP contribution in [0, 0.1) is 0 Å². The molecule has 0 unspecified atom stereocenters. The summed E-state index contributed by atoms with van der Waals surface area (Å²) < 4.78 is 0. The van der Waals surface area contributed by atoms with Crippen LogP contribution in [0.1, 0.15) is 43.2 Å². The van der Waals surface area contributed by atoms with Crippen molar-refractivity contribution < 1.29 is 4.79 Å². The summed E-state index contributed by atoms with van der Waals surface area (Å²) in [5, 5.41) is 3.01. The third-order valence-electron chi connectivity index (χ3n) is 4.14. The lowest BCUT2D eigenvalue weighted by atomic mass is 9.82. The van der Waals surface area contributed by atoms with E-state index in [1.165, 1.54) is 12.0 Å². The number of carbonyl (C=O) groups is 1. The predicted octanol–water partition coefficient (Wildman–Crippen LogP) is 2.03. The van der Waals surface area contributed by atoms with E-state index in [4.69, 9.17) is 5.73 Å². The van der Waals surface area contributed by atoms with Gasteiger partial charge < -0.3 is 16.0 Å². The lowest BCUT2D eigenvalue weighted by Crippen LogP contribution is -2.54. The van der Waals surface area contributed by atoms with Crippen molar-refractivity contribution in [2.45, 2.75) is 50.7 Å². The molecule has 0 heterocycles. The average molecular weight is 289 g/mol.